The third-order valence-electron chi connectivity index (χ3n) is 5.15. The van der Waals surface area contributed by atoms with E-state index < -0.39 is 10.0 Å². The number of aryl methyl sites for hydroxylation is 2. The van der Waals surface area contributed by atoms with E-state index in [-0.39, 0.29) is 16.9 Å². The molecule has 0 aliphatic carbocycles. The van der Waals surface area contributed by atoms with Gasteiger partial charge in [0.15, 0.2) is 0 Å². The maximum Gasteiger partial charge on any atom is 0.256 e. The number of sulfonamides is 1. The van der Waals surface area contributed by atoms with Crippen molar-refractivity contribution in [3.05, 3.63) is 53.1 Å². The molecule has 1 amide bonds. The zero-order valence-electron chi connectivity index (χ0n) is 18.1. The number of carbonyl (C=O) groups excluding carboxylic acids is 1. The molecule has 1 saturated heterocycles. The SMILES string of the molecule is Cc1ccc(C)c(C(=O)Nc2cc(S(=O)(=O)N3CCCCC3)ccc2OC(C)C)c1. The van der Waals surface area contributed by atoms with Crippen LogP contribution >= 0.6 is 0 Å². The molecule has 0 bridgehead atoms. The molecule has 1 aliphatic heterocycles. The van der Waals surface area contributed by atoms with Crippen molar-refractivity contribution < 1.29 is 17.9 Å². The summed E-state index contributed by atoms with van der Waals surface area (Å²) in [7, 11) is -3.62. The number of hydrogen-bond acceptors (Lipinski definition) is 4. The topological polar surface area (TPSA) is 75.7 Å². The summed E-state index contributed by atoms with van der Waals surface area (Å²) in [6, 6.07) is 10.3. The normalized spacial score (nSPS) is 15.2. The number of amides is 1. The van der Waals surface area contributed by atoms with E-state index in [2.05, 4.69) is 5.32 Å². The maximum absolute atomic E-state index is 13.1. The van der Waals surface area contributed by atoms with Gasteiger partial charge in [-0.25, -0.2) is 8.42 Å². The molecular weight excluding hydrogens is 400 g/mol. The summed E-state index contributed by atoms with van der Waals surface area (Å²) in [5.74, 6) is 0.151. The Morgan fingerprint density at radius 2 is 1.73 bits per heavy atom. The van der Waals surface area contributed by atoms with Crippen LogP contribution in [0.15, 0.2) is 41.3 Å². The summed E-state index contributed by atoms with van der Waals surface area (Å²) < 4.78 is 33.5. The van der Waals surface area contributed by atoms with Gasteiger partial charge in [0.25, 0.3) is 5.91 Å². The van der Waals surface area contributed by atoms with Crippen LogP contribution in [0.2, 0.25) is 0 Å². The summed E-state index contributed by atoms with van der Waals surface area (Å²) in [4.78, 5) is 13.1. The van der Waals surface area contributed by atoms with Gasteiger partial charge in [-0.15, -0.1) is 0 Å². The van der Waals surface area contributed by atoms with Crippen LogP contribution in [0.5, 0.6) is 5.75 Å². The Morgan fingerprint density at radius 3 is 2.40 bits per heavy atom. The highest BCUT2D eigenvalue weighted by molar-refractivity contribution is 7.89. The summed E-state index contributed by atoms with van der Waals surface area (Å²) >= 11 is 0. The Hall–Kier alpha value is -2.38. The van der Waals surface area contributed by atoms with Crippen LogP contribution in [0, 0.1) is 13.8 Å². The van der Waals surface area contributed by atoms with Crippen LogP contribution in [0.1, 0.15) is 54.6 Å². The molecule has 2 aromatic rings. The van der Waals surface area contributed by atoms with Gasteiger partial charge in [0, 0.05) is 18.7 Å². The monoisotopic (exact) mass is 430 g/mol. The van der Waals surface area contributed by atoms with Gasteiger partial charge >= 0.3 is 0 Å². The summed E-state index contributed by atoms with van der Waals surface area (Å²) in [5.41, 5.74) is 2.73. The van der Waals surface area contributed by atoms with Gasteiger partial charge in [-0.3, -0.25) is 4.79 Å². The highest BCUT2D eigenvalue weighted by Gasteiger charge is 2.27. The number of nitrogens with one attached hydrogen (secondary N) is 1. The molecule has 0 aromatic heterocycles. The molecule has 1 fully saturated rings. The van der Waals surface area contributed by atoms with Crippen molar-refractivity contribution in [2.24, 2.45) is 0 Å². The zero-order valence-corrected chi connectivity index (χ0v) is 18.9. The van der Waals surface area contributed by atoms with Crippen molar-refractivity contribution >= 4 is 21.6 Å². The van der Waals surface area contributed by atoms with Crippen LogP contribution in [0.4, 0.5) is 5.69 Å². The largest absolute Gasteiger partial charge is 0.489 e. The van der Waals surface area contributed by atoms with E-state index in [9.17, 15) is 13.2 Å². The summed E-state index contributed by atoms with van der Waals surface area (Å²) in [5, 5.41) is 2.87. The lowest BCUT2D eigenvalue weighted by atomic mass is 10.0. The van der Waals surface area contributed by atoms with E-state index in [0.717, 1.165) is 30.4 Å². The fraction of sp³-hybridized carbons (Fsp3) is 0.435. The van der Waals surface area contributed by atoms with E-state index in [1.54, 1.807) is 12.1 Å². The van der Waals surface area contributed by atoms with Gasteiger partial charge in [0.1, 0.15) is 5.75 Å². The van der Waals surface area contributed by atoms with Gasteiger partial charge in [0.05, 0.1) is 16.7 Å². The molecule has 0 atom stereocenters. The lowest BCUT2D eigenvalue weighted by Crippen LogP contribution is -2.35. The maximum atomic E-state index is 13.1. The average molecular weight is 431 g/mol. The van der Waals surface area contributed by atoms with Gasteiger partial charge < -0.3 is 10.1 Å². The molecule has 1 N–H and O–H groups in total. The molecule has 6 nitrogen and oxygen atoms in total. The number of nitrogens with zero attached hydrogens (tertiary/aromatic N) is 1. The predicted molar refractivity (Wildman–Crippen MR) is 119 cm³/mol. The smallest absolute Gasteiger partial charge is 0.256 e. The molecule has 1 aliphatic rings. The Labute approximate surface area is 179 Å². The van der Waals surface area contributed by atoms with Crippen molar-refractivity contribution in [3.8, 4) is 5.75 Å². The Bertz CT molecular complexity index is 1030. The van der Waals surface area contributed by atoms with Gasteiger partial charge in [0.2, 0.25) is 10.0 Å². The first kappa shape index (κ1) is 22.3. The fourth-order valence-electron chi connectivity index (χ4n) is 3.55. The van der Waals surface area contributed by atoms with Crippen molar-refractivity contribution in [2.45, 2.75) is 58.0 Å². The number of benzene rings is 2. The molecular formula is C23H30N2O4S. The second-order valence-electron chi connectivity index (χ2n) is 8.06. The van der Waals surface area contributed by atoms with Gasteiger partial charge in [-0.2, -0.15) is 4.31 Å². The summed E-state index contributed by atoms with van der Waals surface area (Å²) in [6.07, 6.45) is 2.66. The van der Waals surface area contributed by atoms with E-state index in [4.69, 9.17) is 4.74 Å². The predicted octanol–water partition coefficient (Wildman–Crippen LogP) is 4.52. The minimum Gasteiger partial charge on any atom is -0.489 e. The highest BCUT2D eigenvalue weighted by atomic mass is 32.2. The molecule has 0 saturated carbocycles. The van der Waals surface area contributed by atoms with Crippen molar-refractivity contribution in [1.82, 2.24) is 4.31 Å². The minimum atomic E-state index is -3.62. The highest BCUT2D eigenvalue weighted by Crippen LogP contribution is 2.31. The average Bonchev–Trinajstić information content (AvgIpc) is 2.71. The third-order valence-corrected chi connectivity index (χ3v) is 7.05. The summed E-state index contributed by atoms with van der Waals surface area (Å²) in [6.45, 7) is 8.61. The number of carbonyl (C=O) groups is 1. The van der Waals surface area contributed by atoms with Crippen LogP contribution in [0.25, 0.3) is 0 Å². The standard InChI is InChI=1S/C23H30N2O4S/c1-16(2)29-22-11-10-19(30(27,28)25-12-6-5-7-13-25)15-21(22)24-23(26)20-14-17(3)8-9-18(20)4/h8-11,14-16H,5-7,12-13H2,1-4H3,(H,24,26). The van der Waals surface area contributed by atoms with Crippen molar-refractivity contribution in [3.63, 3.8) is 0 Å². The minimum absolute atomic E-state index is 0.120. The van der Waals surface area contributed by atoms with Crippen LogP contribution in [-0.2, 0) is 10.0 Å². The molecule has 30 heavy (non-hydrogen) atoms. The Morgan fingerprint density at radius 1 is 1.03 bits per heavy atom. The lowest BCUT2D eigenvalue weighted by Gasteiger charge is -2.26. The first-order valence-electron chi connectivity index (χ1n) is 10.4. The van der Waals surface area contributed by atoms with Gasteiger partial charge in [-0.1, -0.05) is 24.1 Å². The van der Waals surface area contributed by atoms with Crippen molar-refractivity contribution in [1.29, 1.82) is 0 Å². The van der Waals surface area contributed by atoms with Crippen LogP contribution < -0.4 is 10.1 Å². The number of ether oxygens (including phenoxy) is 1. The number of piperidine rings is 1. The Balaban J connectivity index is 1.97. The first-order chi connectivity index (χ1) is 14.2. The number of anilines is 1. The molecule has 0 unspecified atom stereocenters. The van der Waals surface area contributed by atoms with E-state index >= 15 is 0 Å². The molecule has 162 valence electrons. The van der Waals surface area contributed by atoms with Crippen molar-refractivity contribution in [2.75, 3.05) is 18.4 Å². The first-order valence-corrected chi connectivity index (χ1v) is 11.8. The Kier molecular flexibility index (Phi) is 6.83. The molecule has 1 heterocycles. The van der Waals surface area contributed by atoms with Crippen LogP contribution in [-0.4, -0.2) is 37.8 Å². The fourth-order valence-corrected chi connectivity index (χ4v) is 5.09. The quantitative estimate of drug-likeness (QED) is 0.731. The second-order valence-corrected chi connectivity index (χ2v) is 10.00. The number of rotatable bonds is 6. The molecule has 3 rings (SSSR count). The van der Waals surface area contributed by atoms with E-state index in [1.165, 1.54) is 10.4 Å². The molecule has 2 aromatic carbocycles. The number of hydrogen-bond donors (Lipinski definition) is 1. The zero-order chi connectivity index (χ0) is 21.9. The second kappa shape index (κ2) is 9.18. The molecule has 0 radical (unpaired) electrons. The third kappa shape index (κ3) is 5.02. The molecule has 7 heteroatoms. The van der Waals surface area contributed by atoms with E-state index in [1.807, 2.05) is 45.9 Å². The van der Waals surface area contributed by atoms with E-state index in [0.29, 0.717) is 30.1 Å². The lowest BCUT2D eigenvalue weighted by molar-refractivity contribution is 0.102. The van der Waals surface area contributed by atoms with Crippen LogP contribution in [0.3, 0.4) is 0 Å². The van der Waals surface area contributed by atoms with Gasteiger partial charge in [-0.05, 0) is 70.4 Å². The molecule has 0 spiro atoms.